The first kappa shape index (κ1) is 16.3. The topological polar surface area (TPSA) is 75.6 Å². The monoisotopic (exact) mass is 297 g/mol. The van der Waals surface area contributed by atoms with E-state index in [0.717, 1.165) is 32.1 Å². The van der Waals surface area contributed by atoms with Crippen LogP contribution in [-0.2, 0) is 14.3 Å². The van der Waals surface area contributed by atoms with E-state index in [1.807, 2.05) is 13.8 Å². The predicted octanol–water partition coefficient (Wildman–Crippen LogP) is 2.49. The molecule has 1 saturated carbocycles. The lowest BCUT2D eigenvalue weighted by atomic mass is 9.71. The molecule has 1 atom stereocenters. The van der Waals surface area contributed by atoms with Crippen molar-refractivity contribution in [2.24, 2.45) is 5.41 Å². The lowest BCUT2D eigenvalue weighted by molar-refractivity contribution is -0.154. The lowest BCUT2D eigenvalue weighted by Crippen LogP contribution is -2.47. The van der Waals surface area contributed by atoms with Gasteiger partial charge in [0, 0.05) is 19.1 Å². The van der Waals surface area contributed by atoms with E-state index in [1.54, 1.807) is 0 Å². The van der Waals surface area contributed by atoms with Gasteiger partial charge in [-0.3, -0.25) is 9.59 Å². The summed E-state index contributed by atoms with van der Waals surface area (Å²) >= 11 is 0. The smallest absolute Gasteiger partial charge is 0.310 e. The van der Waals surface area contributed by atoms with Crippen LogP contribution in [0.5, 0.6) is 0 Å². The zero-order valence-electron chi connectivity index (χ0n) is 13.1. The van der Waals surface area contributed by atoms with Crippen LogP contribution in [0.4, 0.5) is 0 Å². The number of carboxylic acids is 1. The predicted molar refractivity (Wildman–Crippen MR) is 79.0 cm³/mol. The molecule has 1 amide bonds. The summed E-state index contributed by atoms with van der Waals surface area (Å²) in [6, 6.07) is 0.0932. The molecule has 120 valence electrons. The number of carbonyl (C=O) groups excluding carboxylic acids is 1. The molecule has 1 aliphatic carbocycles. The van der Waals surface area contributed by atoms with E-state index in [0.29, 0.717) is 19.4 Å². The van der Waals surface area contributed by atoms with Crippen LogP contribution in [-0.4, -0.2) is 35.2 Å². The Balaban J connectivity index is 1.92. The highest BCUT2D eigenvalue weighted by Gasteiger charge is 2.42. The number of amides is 1. The third kappa shape index (κ3) is 4.19. The summed E-state index contributed by atoms with van der Waals surface area (Å²) < 4.78 is 5.64. The van der Waals surface area contributed by atoms with Gasteiger partial charge in [-0.25, -0.2) is 0 Å². The number of hydrogen-bond donors (Lipinski definition) is 2. The minimum Gasteiger partial charge on any atom is -0.481 e. The van der Waals surface area contributed by atoms with Crippen molar-refractivity contribution in [3.63, 3.8) is 0 Å². The van der Waals surface area contributed by atoms with Crippen molar-refractivity contribution < 1.29 is 19.4 Å². The van der Waals surface area contributed by atoms with Crippen LogP contribution in [0.2, 0.25) is 0 Å². The Kier molecular flexibility index (Phi) is 4.91. The number of rotatable bonds is 4. The van der Waals surface area contributed by atoms with Crippen LogP contribution in [0, 0.1) is 5.41 Å². The first-order valence-corrected chi connectivity index (χ1v) is 8.00. The van der Waals surface area contributed by atoms with Gasteiger partial charge in [-0.2, -0.15) is 0 Å². The minimum atomic E-state index is -0.844. The lowest BCUT2D eigenvalue weighted by Gasteiger charge is -2.37. The summed E-state index contributed by atoms with van der Waals surface area (Å²) in [4.78, 5) is 23.9. The Morgan fingerprint density at radius 3 is 2.48 bits per heavy atom. The van der Waals surface area contributed by atoms with Gasteiger partial charge in [0.05, 0.1) is 11.0 Å². The molecule has 0 aromatic rings. The van der Waals surface area contributed by atoms with Gasteiger partial charge in [0.15, 0.2) is 0 Å². The van der Waals surface area contributed by atoms with E-state index in [2.05, 4.69) is 5.32 Å². The van der Waals surface area contributed by atoms with E-state index < -0.39 is 11.4 Å². The number of carboxylic acid groups (broad SMARTS) is 1. The van der Waals surface area contributed by atoms with Gasteiger partial charge in [-0.15, -0.1) is 0 Å². The van der Waals surface area contributed by atoms with E-state index in [-0.39, 0.29) is 24.0 Å². The van der Waals surface area contributed by atoms with Crippen molar-refractivity contribution in [3.8, 4) is 0 Å². The standard InChI is InChI=1S/C16H27NO4/c1-15(2)10-12(6-9-21-15)17-13(18)11-16(14(19)20)7-4-3-5-8-16/h12H,3-11H2,1-2H3,(H,17,18)(H,19,20). The molecule has 0 spiro atoms. The number of hydrogen-bond acceptors (Lipinski definition) is 3. The molecule has 1 aliphatic heterocycles. The molecule has 0 aromatic heterocycles. The van der Waals surface area contributed by atoms with E-state index in [9.17, 15) is 14.7 Å². The molecule has 2 aliphatic rings. The number of aliphatic carboxylic acids is 1. The van der Waals surface area contributed by atoms with E-state index in [1.165, 1.54) is 0 Å². The normalized spacial score (nSPS) is 27.8. The molecule has 2 rings (SSSR count). The summed E-state index contributed by atoms with van der Waals surface area (Å²) in [6.07, 6.45) is 5.82. The second-order valence-electron chi connectivity index (χ2n) is 7.19. The fourth-order valence-electron chi connectivity index (χ4n) is 3.64. The molecule has 1 heterocycles. The van der Waals surface area contributed by atoms with Gasteiger partial charge in [0.25, 0.3) is 0 Å². The number of nitrogens with one attached hydrogen (secondary N) is 1. The van der Waals surface area contributed by atoms with Crippen LogP contribution < -0.4 is 5.32 Å². The molecule has 1 unspecified atom stereocenters. The Bertz CT molecular complexity index is 399. The molecule has 1 saturated heterocycles. The molecule has 5 nitrogen and oxygen atoms in total. The summed E-state index contributed by atoms with van der Waals surface area (Å²) in [5.41, 5.74) is -1.06. The highest BCUT2D eigenvalue weighted by molar-refractivity contribution is 5.85. The number of ether oxygens (including phenoxy) is 1. The molecule has 2 fully saturated rings. The van der Waals surface area contributed by atoms with Crippen molar-refractivity contribution in [2.75, 3.05) is 6.61 Å². The summed E-state index contributed by atoms with van der Waals surface area (Å²) in [6.45, 7) is 4.68. The molecular formula is C16H27NO4. The molecule has 2 N–H and O–H groups in total. The van der Waals surface area contributed by atoms with Gasteiger partial charge in [-0.05, 0) is 39.5 Å². The second-order valence-corrected chi connectivity index (χ2v) is 7.19. The van der Waals surface area contributed by atoms with Crippen LogP contribution in [0.3, 0.4) is 0 Å². The van der Waals surface area contributed by atoms with Gasteiger partial charge < -0.3 is 15.2 Å². The van der Waals surface area contributed by atoms with Crippen molar-refractivity contribution in [1.82, 2.24) is 5.32 Å². The maximum absolute atomic E-state index is 12.3. The Hall–Kier alpha value is -1.10. The van der Waals surface area contributed by atoms with Gasteiger partial charge >= 0.3 is 5.97 Å². The quantitative estimate of drug-likeness (QED) is 0.836. The average molecular weight is 297 g/mol. The first-order valence-electron chi connectivity index (χ1n) is 8.00. The third-order valence-corrected chi connectivity index (χ3v) is 4.83. The molecule has 0 bridgehead atoms. The highest BCUT2D eigenvalue weighted by atomic mass is 16.5. The van der Waals surface area contributed by atoms with Crippen molar-refractivity contribution in [1.29, 1.82) is 0 Å². The van der Waals surface area contributed by atoms with Gasteiger partial charge in [0.1, 0.15) is 0 Å². The SMILES string of the molecule is CC1(C)CC(NC(=O)CC2(C(=O)O)CCCCC2)CCO1. The van der Waals surface area contributed by atoms with E-state index in [4.69, 9.17) is 4.74 Å². The van der Waals surface area contributed by atoms with Crippen LogP contribution in [0.15, 0.2) is 0 Å². The maximum atomic E-state index is 12.3. The molecule has 0 aromatic carbocycles. The van der Waals surface area contributed by atoms with Gasteiger partial charge in [-0.1, -0.05) is 19.3 Å². The zero-order chi connectivity index (χ0) is 15.5. The Morgan fingerprint density at radius 2 is 1.90 bits per heavy atom. The minimum absolute atomic E-state index is 0.0932. The van der Waals surface area contributed by atoms with Crippen molar-refractivity contribution >= 4 is 11.9 Å². The Morgan fingerprint density at radius 1 is 1.24 bits per heavy atom. The van der Waals surface area contributed by atoms with Crippen molar-refractivity contribution in [3.05, 3.63) is 0 Å². The largest absolute Gasteiger partial charge is 0.481 e. The molecule has 0 radical (unpaired) electrons. The first-order chi connectivity index (χ1) is 9.83. The third-order valence-electron chi connectivity index (χ3n) is 4.83. The number of carbonyl (C=O) groups is 2. The zero-order valence-corrected chi connectivity index (χ0v) is 13.1. The maximum Gasteiger partial charge on any atom is 0.310 e. The van der Waals surface area contributed by atoms with Gasteiger partial charge in [0.2, 0.25) is 5.91 Å². The average Bonchev–Trinajstić information content (AvgIpc) is 2.38. The van der Waals surface area contributed by atoms with Crippen LogP contribution in [0.25, 0.3) is 0 Å². The van der Waals surface area contributed by atoms with Crippen LogP contribution >= 0.6 is 0 Å². The summed E-state index contributed by atoms with van der Waals surface area (Å²) in [5, 5.41) is 12.5. The summed E-state index contributed by atoms with van der Waals surface area (Å²) in [5.74, 6) is -0.938. The van der Waals surface area contributed by atoms with Crippen LogP contribution in [0.1, 0.15) is 65.2 Å². The molecular weight excluding hydrogens is 270 g/mol. The van der Waals surface area contributed by atoms with E-state index >= 15 is 0 Å². The fraction of sp³-hybridized carbons (Fsp3) is 0.875. The Labute approximate surface area is 126 Å². The fourth-order valence-corrected chi connectivity index (χ4v) is 3.64. The molecule has 5 heteroatoms. The summed E-state index contributed by atoms with van der Waals surface area (Å²) in [7, 11) is 0. The molecule has 21 heavy (non-hydrogen) atoms. The second kappa shape index (κ2) is 6.34. The highest BCUT2D eigenvalue weighted by Crippen LogP contribution is 2.39. The van der Waals surface area contributed by atoms with Crippen molar-refractivity contribution in [2.45, 2.75) is 76.9 Å².